The molecule has 2 aromatic rings. The molecule has 0 fully saturated rings. The highest BCUT2D eigenvalue weighted by molar-refractivity contribution is 5.92. The lowest BCUT2D eigenvalue weighted by molar-refractivity contribution is 0.0886. The van der Waals surface area contributed by atoms with Crippen molar-refractivity contribution in [2.24, 2.45) is 0 Å². The molecule has 0 saturated carbocycles. The maximum atomic E-state index is 12.1. The van der Waals surface area contributed by atoms with Gasteiger partial charge in [0.05, 0.1) is 18.3 Å². The van der Waals surface area contributed by atoms with Gasteiger partial charge in [0.2, 0.25) is 5.76 Å². The molecule has 19 heavy (non-hydrogen) atoms. The number of oxazole rings is 1. The van der Waals surface area contributed by atoms with Crippen LogP contribution in [0, 0.1) is 13.8 Å². The quantitative estimate of drug-likeness (QED) is 0.878. The van der Waals surface area contributed by atoms with Gasteiger partial charge in [0.1, 0.15) is 0 Å². The highest BCUT2D eigenvalue weighted by atomic mass is 16.4. The molecule has 0 spiro atoms. The lowest BCUT2D eigenvalue weighted by atomic mass is 10.1. The minimum Gasteiger partial charge on any atom is -0.436 e. The number of carbonyl (C=O) groups excluding carboxylic acids is 1. The molecule has 0 aliphatic heterocycles. The summed E-state index contributed by atoms with van der Waals surface area (Å²) in [6, 6.07) is 8.82. The number of aliphatic hydroxyl groups is 1. The van der Waals surface area contributed by atoms with Crippen molar-refractivity contribution in [2.75, 3.05) is 6.61 Å². The summed E-state index contributed by atoms with van der Waals surface area (Å²) in [4.78, 5) is 16.1. The van der Waals surface area contributed by atoms with Gasteiger partial charge in [0.25, 0.3) is 5.91 Å². The molecule has 0 radical (unpaired) electrons. The van der Waals surface area contributed by atoms with Crippen LogP contribution in [0.1, 0.15) is 33.7 Å². The Morgan fingerprint density at radius 1 is 1.37 bits per heavy atom. The number of carbonyl (C=O) groups is 1. The van der Waals surface area contributed by atoms with Crippen molar-refractivity contribution >= 4 is 5.91 Å². The third kappa shape index (κ3) is 3.00. The van der Waals surface area contributed by atoms with Crippen LogP contribution < -0.4 is 5.32 Å². The van der Waals surface area contributed by atoms with E-state index in [9.17, 15) is 9.90 Å². The molecule has 2 rings (SSSR count). The zero-order valence-corrected chi connectivity index (χ0v) is 10.9. The van der Waals surface area contributed by atoms with Gasteiger partial charge in [-0.25, -0.2) is 4.98 Å². The third-order valence-corrected chi connectivity index (χ3v) is 2.80. The number of aromatic nitrogens is 1. The number of nitrogens with one attached hydrogen (secondary N) is 1. The van der Waals surface area contributed by atoms with Crippen molar-refractivity contribution in [2.45, 2.75) is 19.9 Å². The normalized spacial score (nSPS) is 12.2. The number of rotatable bonds is 4. The van der Waals surface area contributed by atoms with Crippen molar-refractivity contribution in [1.29, 1.82) is 0 Å². The van der Waals surface area contributed by atoms with E-state index in [0.717, 1.165) is 5.56 Å². The Morgan fingerprint density at radius 3 is 2.58 bits per heavy atom. The molecule has 1 aromatic heterocycles. The molecule has 1 aromatic carbocycles. The monoisotopic (exact) mass is 260 g/mol. The number of aryl methyl sites for hydroxylation is 2. The van der Waals surface area contributed by atoms with Crippen molar-refractivity contribution < 1.29 is 14.3 Å². The lowest BCUT2D eigenvalue weighted by Crippen LogP contribution is -2.30. The zero-order valence-electron chi connectivity index (χ0n) is 10.9. The van der Waals surface area contributed by atoms with E-state index in [1.807, 2.05) is 30.3 Å². The van der Waals surface area contributed by atoms with Crippen LogP contribution in [0.15, 0.2) is 34.7 Å². The predicted octanol–water partition coefficient (Wildman–Crippen LogP) is 1.75. The van der Waals surface area contributed by atoms with E-state index in [4.69, 9.17) is 4.42 Å². The van der Waals surface area contributed by atoms with E-state index in [1.165, 1.54) is 0 Å². The number of nitrogens with zero attached hydrogens (tertiary/aromatic N) is 1. The smallest absolute Gasteiger partial charge is 0.289 e. The molecule has 5 heteroatoms. The maximum absolute atomic E-state index is 12.1. The van der Waals surface area contributed by atoms with E-state index in [1.54, 1.807) is 13.8 Å². The molecular weight excluding hydrogens is 244 g/mol. The lowest BCUT2D eigenvalue weighted by Gasteiger charge is -2.15. The number of aliphatic hydroxyl groups excluding tert-OH is 1. The fraction of sp³-hybridized carbons (Fsp3) is 0.286. The zero-order chi connectivity index (χ0) is 13.8. The Kier molecular flexibility index (Phi) is 3.97. The molecule has 0 aliphatic carbocycles. The van der Waals surface area contributed by atoms with Crippen LogP contribution in [0.25, 0.3) is 0 Å². The van der Waals surface area contributed by atoms with Gasteiger partial charge in [-0.3, -0.25) is 4.79 Å². The van der Waals surface area contributed by atoms with Crippen molar-refractivity contribution in [1.82, 2.24) is 10.3 Å². The number of benzene rings is 1. The van der Waals surface area contributed by atoms with Crippen LogP contribution >= 0.6 is 0 Å². The second-order valence-corrected chi connectivity index (χ2v) is 4.27. The van der Waals surface area contributed by atoms with Crippen LogP contribution in [-0.2, 0) is 0 Å². The molecule has 0 aliphatic rings. The van der Waals surface area contributed by atoms with Crippen molar-refractivity contribution in [3.8, 4) is 0 Å². The van der Waals surface area contributed by atoms with Gasteiger partial charge < -0.3 is 14.8 Å². The molecule has 0 unspecified atom stereocenters. The van der Waals surface area contributed by atoms with E-state index in [0.29, 0.717) is 11.6 Å². The van der Waals surface area contributed by atoms with Crippen LogP contribution in [0.5, 0.6) is 0 Å². The fourth-order valence-electron chi connectivity index (χ4n) is 1.89. The fourth-order valence-corrected chi connectivity index (χ4v) is 1.89. The average molecular weight is 260 g/mol. The van der Waals surface area contributed by atoms with Gasteiger partial charge in [-0.05, 0) is 12.5 Å². The molecule has 2 N–H and O–H groups in total. The van der Waals surface area contributed by atoms with Crippen LogP contribution in [0.2, 0.25) is 0 Å². The summed E-state index contributed by atoms with van der Waals surface area (Å²) < 4.78 is 5.25. The van der Waals surface area contributed by atoms with Crippen LogP contribution in [0.4, 0.5) is 0 Å². The topological polar surface area (TPSA) is 75.4 Å². The maximum Gasteiger partial charge on any atom is 0.289 e. The van der Waals surface area contributed by atoms with E-state index < -0.39 is 6.04 Å². The molecule has 1 heterocycles. The number of amides is 1. The summed E-state index contributed by atoms with van der Waals surface area (Å²) in [5.74, 6) is 0.260. The summed E-state index contributed by atoms with van der Waals surface area (Å²) in [6.45, 7) is 3.22. The molecule has 0 bridgehead atoms. The SMILES string of the molecule is Cc1nc(C)c(C(=O)N[C@H](CO)c2ccccc2)o1. The van der Waals surface area contributed by atoms with Gasteiger partial charge in [0, 0.05) is 6.92 Å². The van der Waals surface area contributed by atoms with Gasteiger partial charge >= 0.3 is 0 Å². The van der Waals surface area contributed by atoms with Crippen molar-refractivity contribution in [3.05, 3.63) is 53.2 Å². The summed E-state index contributed by atoms with van der Waals surface area (Å²) in [7, 11) is 0. The molecular formula is C14H16N2O3. The Labute approximate surface area is 111 Å². The third-order valence-electron chi connectivity index (χ3n) is 2.80. The Morgan fingerprint density at radius 2 is 2.05 bits per heavy atom. The minimum atomic E-state index is -0.460. The Bertz CT molecular complexity index is 563. The van der Waals surface area contributed by atoms with Gasteiger partial charge in [-0.1, -0.05) is 30.3 Å². The molecule has 100 valence electrons. The second-order valence-electron chi connectivity index (χ2n) is 4.27. The molecule has 1 amide bonds. The van der Waals surface area contributed by atoms with Gasteiger partial charge in [-0.15, -0.1) is 0 Å². The van der Waals surface area contributed by atoms with E-state index in [2.05, 4.69) is 10.3 Å². The first kappa shape index (κ1) is 13.3. The number of hydrogen-bond acceptors (Lipinski definition) is 4. The highest BCUT2D eigenvalue weighted by Gasteiger charge is 2.20. The Hall–Kier alpha value is -2.14. The molecule has 5 nitrogen and oxygen atoms in total. The van der Waals surface area contributed by atoms with E-state index >= 15 is 0 Å². The predicted molar refractivity (Wildman–Crippen MR) is 69.7 cm³/mol. The average Bonchev–Trinajstić information content (AvgIpc) is 2.76. The first-order valence-corrected chi connectivity index (χ1v) is 6.02. The first-order chi connectivity index (χ1) is 9.11. The van der Waals surface area contributed by atoms with Crippen molar-refractivity contribution in [3.63, 3.8) is 0 Å². The van der Waals surface area contributed by atoms with E-state index in [-0.39, 0.29) is 18.3 Å². The second kappa shape index (κ2) is 5.67. The summed E-state index contributed by atoms with van der Waals surface area (Å²) >= 11 is 0. The highest BCUT2D eigenvalue weighted by Crippen LogP contribution is 2.14. The summed E-state index contributed by atoms with van der Waals surface area (Å²) in [5.41, 5.74) is 1.38. The van der Waals surface area contributed by atoms with Gasteiger partial charge in [0.15, 0.2) is 5.89 Å². The summed E-state index contributed by atoms with van der Waals surface area (Å²) in [5, 5.41) is 12.1. The Balaban J connectivity index is 2.15. The van der Waals surface area contributed by atoms with Crippen LogP contribution in [-0.4, -0.2) is 22.6 Å². The minimum absolute atomic E-state index is 0.179. The standard InChI is InChI=1S/C14H16N2O3/c1-9-13(19-10(2)15-9)14(18)16-12(8-17)11-6-4-3-5-7-11/h3-7,12,17H,8H2,1-2H3,(H,16,18)/t12-/m1/s1. The first-order valence-electron chi connectivity index (χ1n) is 6.02. The summed E-state index contributed by atoms with van der Waals surface area (Å²) in [6.07, 6.45) is 0. The largest absolute Gasteiger partial charge is 0.436 e. The molecule has 1 atom stereocenters. The number of hydrogen-bond donors (Lipinski definition) is 2. The molecule has 0 saturated heterocycles. The van der Waals surface area contributed by atoms with Crippen LogP contribution in [0.3, 0.4) is 0 Å². The van der Waals surface area contributed by atoms with Gasteiger partial charge in [-0.2, -0.15) is 0 Å².